The molecule has 2 rings (SSSR count). The van der Waals surface area contributed by atoms with Gasteiger partial charge in [0.25, 0.3) is 5.76 Å². The van der Waals surface area contributed by atoms with Crippen LogP contribution in [0.15, 0.2) is 29.2 Å². The third-order valence-corrected chi connectivity index (χ3v) is 5.54. The number of piperidine rings is 1. The van der Waals surface area contributed by atoms with E-state index in [1.54, 1.807) is 24.3 Å². The highest BCUT2D eigenvalue weighted by atomic mass is 32.2. The van der Waals surface area contributed by atoms with E-state index in [4.69, 9.17) is 0 Å². The fourth-order valence-corrected chi connectivity index (χ4v) is 3.89. The Morgan fingerprint density at radius 1 is 1.22 bits per heavy atom. The van der Waals surface area contributed by atoms with Crippen LogP contribution in [0, 0.1) is 5.92 Å². The Labute approximate surface area is 163 Å². The molecule has 0 radical (unpaired) electrons. The highest BCUT2D eigenvalue weighted by Gasteiger charge is 2.28. The first-order valence-electron chi connectivity index (χ1n) is 9.29. The number of benzene rings is 1. The predicted molar refractivity (Wildman–Crippen MR) is 104 cm³/mol. The lowest BCUT2D eigenvalue weighted by Gasteiger charge is -2.33. The summed E-state index contributed by atoms with van der Waals surface area (Å²) >= 11 is 0.420. The molecule has 0 unspecified atom stereocenters. The minimum atomic E-state index is -2.54. The number of para-hydroxylation sites is 1. The van der Waals surface area contributed by atoms with E-state index >= 15 is 0 Å². The maximum absolute atomic E-state index is 12.6. The van der Waals surface area contributed by atoms with Gasteiger partial charge in [-0.25, -0.2) is 0 Å². The van der Waals surface area contributed by atoms with Gasteiger partial charge in [-0.2, -0.15) is 8.78 Å². The van der Waals surface area contributed by atoms with E-state index in [0.717, 1.165) is 12.8 Å². The Morgan fingerprint density at radius 3 is 2.44 bits per heavy atom. The second-order valence-corrected chi connectivity index (χ2v) is 7.52. The van der Waals surface area contributed by atoms with E-state index in [0.29, 0.717) is 48.5 Å². The normalized spacial score (nSPS) is 15.7. The molecule has 0 saturated carbocycles. The highest BCUT2D eigenvalue weighted by Crippen LogP contribution is 2.31. The Hall–Kier alpha value is -1.67. The van der Waals surface area contributed by atoms with Crippen molar-refractivity contribution in [1.82, 2.24) is 9.80 Å². The van der Waals surface area contributed by atoms with Crippen LogP contribution in [0.2, 0.25) is 0 Å². The maximum Gasteiger partial charge on any atom is 0.288 e. The summed E-state index contributed by atoms with van der Waals surface area (Å²) < 4.78 is 25.3. The lowest BCUT2D eigenvalue weighted by molar-refractivity contribution is -0.136. The molecule has 1 fully saturated rings. The number of halogens is 2. The second kappa shape index (κ2) is 10.6. The average molecular weight is 400 g/mol. The van der Waals surface area contributed by atoms with Crippen molar-refractivity contribution in [3.8, 4) is 0 Å². The van der Waals surface area contributed by atoms with Crippen molar-refractivity contribution in [3.63, 3.8) is 0 Å². The first-order chi connectivity index (χ1) is 12.9. The summed E-state index contributed by atoms with van der Waals surface area (Å²) in [5.41, 5.74) is 0.402. The quantitative estimate of drug-likeness (QED) is 0.680. The number of likely N-dealkylation sites (tertiary alicyclic amines) is 1. The third-order valence-electron chi connectivity index (χ3n) is 4.76. The number of amides is 2. The first-order valence-corrected chi connectivity index (χ1v) is 10.2. The average Bonchev–Trinajstić information content (AvgIpc) is 2.64. The summed E-state index contributed by atoms with van der Waals surface area (Å²) in [6.45, 7) is 6.94. The molecule has 1 N–H and O–H groups in total. The maximum atomic E-state index is 12.6. The van der Waals surface area contributed by atoms with Crippen molar-refractivity contribution in [2.24, 2.45) is 5.92 Å². The fourth-order valence-electron chi connectivity index (χ4n) is 3.29. The summed E-state index contributed by atoms with van der Waals surface area (Å²) in [4.78, 5) is 28.9. The van der Waals surface area contributed by atoms with E-state index in [2.05, 4.69) is 5.32 Å². The molecule has 0 bridgehead atoms. The van der Waals surface area contributed by atoms with Crippen LogP contribution < -0.4 is 5.32 Å². The van der Waals surface area contributed by atoms with Crippen molar-refractivity contribution >= 4 is 29.3 Å². The molecule has 1 aliphatic heterocycles. The monoisotopic (exact) mass is 399 g/mol. The fraction of sp³-hybridized carbons (Fsp3) is 0.579. The molecular weight excluding hydrogens is 372 g/mol. The van der Waals surface area contributed by atoms with Gasteiger partial charge in [0.2, 0.25) is 11.8 Å². The summed E-state index contributed by atoms with van der Waals surface area (Å²) in [6, 6.07) is 6.56. The molecule has 1 heterocycles. The minimum Gasteiger partial charge on any atom is -0.343 e. The van der Waals surface area contributed by atoms with Gasteiger partial charge < -0.3 is 10.2 Å². The van der Waals surface area contributed by atoms with E-state index in [9.17, 15) is 18.4 Å². The van der Waals surface area contributed by atoms with Crippen LogP contribution >= 0.6 is 11.8 Å². The molecule has 1 saturated heterocycles. The van der Waals surface area contributed by atoms with Gasteiger partial charge in [0.1, 0.15) is 0 Å². The summed E-state index contributed by atoms with van der Waals surface area (Å²) in [5.74, 6) is -2.55. The standard InChI is InChI=1S/C19H27F2N3O2S/c1-3-24(4-2)18(26)14-9-11-23(12-10-14)13-17(25)22-15-7-5-6-8-16(15)27-19(20)21/h5-8,14,19H,3-4,9-13H2,1-2H3,(H,22,25). The molecule has 8 heteroatoms. The zero-order chi connectivity index (χ0) is 19.8. The van der Waals surface area contributed by atoms with Crippen molar-refractivity contribution in [3.05, 3.63) is 24.3 Å². The number of thioether (sulfide) groups is 1. The first kappa shape index (κ1) is 21.6. The SMILES string of the molecule is CCN(CC)C(=O)C1CCN(CC(=O)Nc2ccccc2SC(F)F)CC1. The highest BCUT2D eigenvalue weighted by molar-refractivity contribution is 7.99. The van der Waals surface area contributed by atoms with Crippen LogP contribution in [0.25, 0.3) is 0 Å². The molecule has 1 aromatic carbocycles. The Morgan fingerprint density at radius 2 is 1.85 bits per heavy atom. The number of rotatable bonds is 8. The van der Waals surface area contributed by atoms with Gasteiger partial charge in [-0.15, -0.1) is 0 Å². The molecule has 0 atom stereocenters. The van der Waals surface area contributed by atoms with Gasteiger partial charge in [-0.1, -0.05) is 23.9 Å². The lowest BCUT2D eigenvalue weighted by Crippen LogP contribution is -2.44. The van der Waals surface area contributed by atoms with E-state index in [1.807, 2.05) is 23.6 Å². The zero-order valence-corrected chi connectivity index (χ0v) is 16.6. The number of hydrogen-bond donors (Lipinski definition) is 1. The van der Waals surface area contributed by atoms with Crippen LogP contribution in [-0.4, -0.2) is 60.1 Å². The summed E-state index contributed by atoms with van der Waals surface area (Å²) in [6.07, 6.45) is 1.47. The topological polar surface area (TPSA) is 52.7 Å². The van der Waals surface area contributed by atoms with Crippen LogP contribution in [0.3, 0.4) is 0 Å². The largest absolute Gasteiger partial charge is 0.343 e. The molecule has 1 aliphatic rings. The Bertz CT molecular complexity index is 633. The van der Waals surface area contributed by atoms with Gasteiger partial charge in [0.15, 0.2) is 0 Å². The molecule has 0 spiro atoms. The molecule has 5 nitrogen and oxygen atoms in total. The Balaban J connectivity index is 1.84. The molecule has 1 aromatic rings. The zero-order valence-electron chi connectivity index (χ0n) is 15.8. The second-order valence-electron chi connectivity index (χ2n) is 6.48. The predicted octanol–water partition coefficient (Wildman–Crippen LogP) is 3.52. The van der Waals surface area contributed by atoms with Crippen LogP contribution in [-0.2, 0) is 9.59 Å². The molecule has 150 valence electrons. The molecule has 0 aromatic heterocycles. The van der Waals surface area contributed by atoms with Crippen molar-refractivity contribution in [2.75, 3.05) is 38.0 Å². The minimum absolute atomic E-state index is 0.0207. The van der Waals surface area contributed by atoms with Gasteiger partial charge in [0, 0.05) is 23.9 Å². The van der Waals surface area contributed by atoms with E-state index in [-0.39, 0.29) is 24.3 Å². The Kier molecular flexibility index (Phi) is 8.50. The molecular formula is C19H27F2N3O2S. The summed E-state index contributed by atoms with van der Waals surface area (Å²) in [5, 5.41) is 2.72. The van der Waals surface area contributed by atoms with E-state index < -0.39 is 5.76 Å². The van der Waals surface area contributed by atoms with Gasteiger partial charge in [-0.05, 0) is 51.9 Å². The smallest absolute Gasteiger partial charge is 0.288 e. The number of nitrogens with one attached hydrogen (secondary N) is 1. The van der Waals surface area contributed by atoms with Crippen molar-refractivity contribution in [1.29, 1.82) is 0 Å². The number of alkyl halides is 2. The lowest BCUT2D eigenvalue weighted by atomic mass is 9.95. The molecule has 2 amide bonds. The van der Waals surface area contributed by atoms with Crippen LogP contribution in [0.5, 0.6) is 0 Å². The van der Waals surface area contributed by atoms with Gasteiger partial charge in [0.05, 0.1) is 12.2 Å². The molecule has 0 aliphatic carbocycles. The van der Waals surface area contributed by atoms with Crippen LogP contribution in [0.1, 0.15) is 26.7 Å². The number of anilines is 1. The van der Waals surface area contributed by atoms with Gasteiger partial charge in [-0.3, -0.25) is 14.5 Å². The summed E-state index contributed by atoms with van der Waals surface area (Å²) in [7, 11) is 0. The van der Waals surface area contributed by atoms with Crippen LogP contribution in [0.4, 0.5) is 14.5 Å². The molecule has 27 heavy (non-hydrogen) atoms. The third kappa shape index (κ3) is 6.46. The number of hydrogen-bond acceptors (Lipinski definition) is 4. The number of nitrogens with zero attached hydrogens (tertiary/aromatic N) is 2. The van der Waals surface area contributed by atoms with Gasteiger partial charge >= 0.3 is 0 Å². The van der Waals surface area contributed by atoms with Crippen molar-refractivity contribution in [2.45, 2.75) is 37.3 Å². The number of carbonyl (C=O) groups is 2. The number of carbonyl (C=O) groups excluding carboxylic acids is 2. The van der Waals surface area contributed by atoms with Crippen molar-refractivity contribution < 1.29 is 18.4 Å². The van der Waals surface area contributed by atoms with E-state index in [1.165, 1.54) is 0 Å².